The van der Waals surface area contributed by atoms with Crippen LogP contribution in [-0.4, -0.2) is 46.2 Å². The molecule has 6 heteroatoms. The number of hydrogen-bond donors (Lipinski definition) is 2. The van der Waals surface area contributed by atoms with E-state index in [1.807, 2.05) is 13.2 Å². The fourth-order valence-corrected chi connectivity index (χ4v) is 2.31. The molecule has 0 aromatic heterocycles. The molecule has 0 saturated heterocycles. The van der Waals surface area contributed by atoms with Crippen molar-refractivity contribution in [3.63, 3.8) is 0 Å². The zero-order chi connectivity index (χ0) is 14.4. The molecule has 0 bridgehead atoms. The second kappa shape index (κ2) is 7.33. The lowest BCUT2D eigenvalue weighted by molar-refractivity contribution is -0.144. The van der Waals surface area contributed by atoms with Crippen molar-refractivity contribution in [3.8, 4) is 0 Å². The Morgan fingerprint density at radius 1 is 1.47 bits per heavy atom. The number of ketones is 1. The predicted molar refractivity (Wildman–Crippen MR) is 76.0 cm³/mol. The topological polar surface area (TPSA) is 87.0 Å². The highest BCUT2D eigenvalue weighted by Gasteiger charge is 2.33. The van der Waals surface area contributed by atoms with E-state index in [9.17, 15) is 14.7 Å². The van der Waals surface area contributed by atoms with Crippen molar-refractivity contribution in [2.75, 3.05) is 18.6 Å². The van der Waals surface area contributed by atoms with E-state index in [2.05, 4.69) is 4.99 Å². The van der Waals surface area contributed by atoms with Crippen molar-refractivity contribution in [1.29, 1.82) is 0 Å². The third-order valence-electron chi connectivity index (χ3n) is 3.01. The van der Waals surface area contributed by atoms with Crippen molar-refractivity contribution in [2.24, 2.45) is 10.9 Å². The van der Waals surface area contributed by atoms with E-state index >= 15 is 0 Å². The molecule has 2 N–H and O–H groups in total. The Morgan fingerprint density at radius 2 is 2.16 bits per heavy atom. The third kappa shape index (κ3) is 4.09. The molecule has 19 heavy (non-hydrogen) atoms. The van der Waals surface area contributed by atoms with Crippen LogP contribution < -0.4 is 0 Å². The first kappa shape index (κ1) is 15.8. The first-order chi connectivity index (χ1) is 9.01. The molecule has 0 fully saturated rings. The maximum absolute atomic E-state index is 12.0. The molecule has 5 nitrogen and oxygen atoms in total. The Balaban J connectivity index is 2.96. The highest BCUT2D eigenvalue weighted by atomic mass is 32.2. The molecule has 0 radical (unpaired) electrons. The molecule has 0 aromatic rings. The van der Waals surface area contributed by atoms with Gasteiger partial charge in [-0.25, -0.2) is 0 Å². The number of aliphatic imine (C=N–C) groups is 1. The molecule has 1 rings (SSSR count). The molecule has 0 aromatic carbocycles. The molecule has 0 amide bonds. The molecule has 0 spiro atoms. The average molecular weight is 285 g/mol. The van der Waals surface area contributed by atoms with Gasteiger partial charge in [0.15, 0.2) is 5.78 Å². The number of carbonyl (C=O) groups excluding carboxylic acids is 1. The maximum atomic E-state index is 12.0. The summed E-state index contributed by atoms with van der Waals surface area (Å²) in [5.41, 5.74) is 0.821. The van der Waals surface area contributed by atoms with E-state index in [0.29, 0.717) is 18.7 Å². The summed E-state index contributed by atoms with van der Waals surface area (Å²) in [5.74, 6) is -1.46. The lowest BCUT2D eigenvalue weighted by Crippen LogP contribution is -2.28. The molecular weight excluding hydrogens is 266 g/mol. The molecular formula is C13H19NO4S. The molecule has 0 aliphatic heterocycles. The van der Waals surface area contributed by atoms with Gasteiger partial charge in [-0.2, -0.15) is 11.8 Å². The van der Waals surface area contributed by atoms with Crippen LogP contribution in [0.5, 0.6) is 0 Å². The molecule has 106 valence electrons. The predicted octanol–water partition coefficient (Wildman–Crippen LogP) is 2.08. The van der Waals surface area contributed by atoms with Crippen molar-refractivity contribution in [3.05, 3.63) is 11.3 Å². The number of Topliss-reactive ketones (excluding diaryl/α,β-unsaturated/α-hetero) is 1. The second-order valence-corrected chi connectivity index (χ2v) is 5.35. The quantitative estimate of drug-likeness (QED) is 0.576. The van der Waals surface area contributed by atoms with Gasteiger partial charge in [-0.15, -0.1) is 0 Å². The fraction of sp³-hybridized carbons (Fsp3) is 0.615. The van der Waals surface area contributed by atoms with Crippen molar-refractivity contribution in [1.82, 2.24) is 0 Å². The van der Waals surface area contributed by atoms with Gasteiger partial charge in [-0.1, -0.05) is 6.92 Å². The van der Waals surface area contributed by atoms with E-state index in [1.165, 1.54) is 0 Å². The number of allylic oxidation sites excluding steroid dienone is 2. The second-order valence-electron chi connectivity index (χ2n) is 4.36. The summed E-state index contributed by atoms with van der Waals surface area (Å²) in [6.07, 6.45) is 2.48. The Hall–Kier alpha value is -1.30. The zero-order valence-electron chi connectivity index (χ0n) is 11.2. The van der Waals surface area contributed by atoms with Gasteiger partial charge in [-0.05, 0) is 12.7 Å². The average Bonchev–Trinajstić information content (AvgIpc) is 2.35. The maximum Gasteiger partial charge on any atom is 0.307 e. The van der Waals surface area contributed by atoms with Crippen molar-refractivity contribution in [2.45, 2.75) is 26.2 Å². The number of hydrogen-bond acceptors (Lipinski definition) is 5. The number of thioether (sulfide) groups is 1. The standard InChI is InChI=1S/C13H19NO4S/c1-3-9(14-4-5-19-2)12-10(15)6-8(13(17)18)7-11(12)16/h8,15H,3-7H2,1-2H3,(H,17,18). The van der Waals surface area contributed by atoms with Gasteiger partial charge < -0.3 is 10.2 Å². The SMILES string of the molecule is CCC(=NCCSC)C1=C(O)CC(C(=O)O)CC1=O. The zero-order valence-corrected chi connectivity index (χ0v) is 12.0. The van der Waals surface area contributed by atoms with Gasteiger partial charge in [0.2, 0.25) is 0 Å². The van der Waals surface area contributed by atoms with Crippen LogP contribution in [0.15, 0.2) is 16.3 Å². The highest BCUT2D eigenvalue weighted by molar-refractivity contribution is 7.98. The summed E-state index contributed by atoms with van der Waals surface area (Å²) in [7, 11) is 0. The van der Waals surface area contributed by atoms with Crippen molar-refractivity contribution < 1.29 is 19.8 Å². The van der Waals surface area contributed by atoms with Crippen LogP contribution in [0.1, 0.15) is 26.2 Å². The first-order valence-electron chi connectivity index (χ1n) is 6.22. The van der Waals surface area contributed by atoms with Crippen LogP contribution in [-0.2, 0) is 9.59 Å². The molecule has 1 aliphatic carbocycles. The number of carbonyl (C=O) groups is 2. The molecule has 0 heterocycles. The number of carboxylic acid groups (broad SMARTS) is 1. The Morgan fingerprint density at radius 3 is 2.63 bits per heavy atom. The van der Waals surface area contributed by atoms with Crippen LogP contribution in [0.2, 0.25) is 0 Å². The minimum atomic E-state index is -1.05. The lowest BCUT2D eigenvalue weighted by atomic mass is 9.84. The smallest absolute Gasteiger partial charge is 0.307 e. The molecule has 1 unspecified atom stereocenters. The van der Waals surface area contributed by atoms with Crippen molar-refractivity contribution >= 4 is 29.2 Å². The molecule has 1 aliphatic rings. The van der Waals surface area contributed by atoms with Crippen LogP contribution >= 0.6 is 11.8 Å². The number of rotatable bonds is 6. The Labute approximate surface area is 116 Å². The van der Waals surface area contributed by atoms with E-state index in [4.69, 9.17) is 5.11 Å². The third-order valence-corrected chi connectivity index (χ3v) is 3.60. The summed E-state index contributed by atoms with van der Waals surface area (Å²) in [4.78, 5) is 27.2. The fourth-order valence-electron chi connectivity index (χ4n) is 2.04. The van der Waals surface area contributed by atoms with E-state index in [0.717, 1.165) is 5.75 Å². The number of aliphatic hydroxyl groups is 1. The summed E-state index contributed by atoms with van der Waals surface area (Å²) >= 11 is 1.66. The van der Waals surface area contributed by atoms with Gasteiger partial charge in [-0.3, -0.25) is 14.6 Å². The van der Waals surface area contributed by atoms with Crippen LogP contribution in [0, 0.1) is 5.92 Å². The lowest BCUT2D eigenvalue weighted by Gasteiger charge is -2.21. The number of nitrogens with zero attached hydrogens (tertiary/aromatic N) is 1. The highest BCUT2D eigenvalue weighted by Crippen LogP contribution is 2.27. The van der Waals surface area contributed by atoms with Gasteiger partial charge in [0, 0.05) is 30.9 Å². The summed E-state index contributed by atoms with van der Waals surface area (Å²) < 4.78 is 0. The monoisotopic (exact) mass is 285 g/mol. The Kier molecular flexibility index (Phi) is 6.08. The summed E-state index contributed by atoms with van der Waals surface area (Å²) in [6.45, 7) is 2.46. The number of carboxylic acids is 1. The van der Waals surface area contributed by atoms with Crippen LogP contribution in [0.3, 0.4) is 0 Å². The van der Waals surface area contributed by atoms with E-state index < -0.39 is 11.9 Å². The van der Waals surface area contributed by atoms with E-state index in [1.54, 1.807) is 11.8 Å². The van der Waals surface area contributed by atoms with Gasteiger partial charge in [0.1, 0.15) is 5.76 Å². The largest absolute Gasteiger partial charge is 0.511 e. The molecule has 0 saturated carbocycles. The minimum absolute atomic E-state index is 0.0119. The molecule has 1 atom stereocenters. The number of aliphatic carboxylic acids is 1. The minimum Gasteiger partial charge on any atom is -0.511 e. The van der Waals surface area contributed by atoms with Gasteiger partial charge >= 0.3 is 5.97 Å². The van der Waals surface area contributed by atoms with Crippen LogP contribution in [0.4, 0.5) is 0 Å². The Bertz CT molecular complexity index is 428. The van der Waals surface area contributed by atoms with Gasteiger partial charge in [0.05, 0.1) is 11.5 Å². The summed E-state index contributed by atoms with van der Waals surface area (Å²) in [5, 5.41) is 18.8. The van der Waals surface area contributed by atoms with Crippen LogP contribution in [0.25, 0.3) is 0 Å². The first-order valence-corrected chi connectivity index (χ1v) is 7.61. The van der Waals surface area contributed by atoms with E-state index in [-0.39, 0.29) is 30.0 Å². The normalized spacial score (nSPS) is 20.8. The number of aliphatic hydroxyl groups excluding tert-OH is 1. The summed E-state index contributed by atoms with van der Waals surface area (Å²) in [6, 6.07) is 0. The van der Waals surface area contributed by atoms with Gasteiger partial charge in [0.25, 0.3) is 0 Å².